The third-order valence-corrected chi connectivity index (χ3v) is 7.13. The third-order valence-electron chi connectivity index (χ3n) is 7.13. The van der Waals surface area contributed by atoms with Crippen LogP contribution in [0.5, 0.6) is 5.75 Å². The Hall–Kier alpha value is -1.88. The highest BCUT2D eigenvalue weighted by Crippen LogP contribution is 2.54. The molecule has 5 heteroatoms. The van der Waals surface area contributed by atoms with E-state index >= 15 is 0 Å². The zero-order chi connectivity index (χ0) is 21.3. The van der Waals surface area contributed by atoms with Gasteiger partial charge in [0.15, 0.2) is 0 Å². The molecule has 2 fully saturated rings. The van der Waals surface area contributed by atoms with E-state index < -0.39 is 5.60 Å². The summed E-state index contributed by atoms with van der Waals surface area (Å²) in [7, 11) is 4.15. The van der Waals surface area contributed by atoms with Crippen molar-refractivity contribution >= 4 is 18.4 Å². The Labute approximate surface area is 192 Å². The fourth-order valence-corrected chi connectivity index (χ4v) is 5.58. The molecule has 4 rings (SSSR count). The molecule has 2 aliphatic carbocycles. The summed E-state index contributed by atoms with van der Waals surface area (Å²) in [6.07, 6.45) is 4.43. The van der Waals surface area contributed by atoms with Crippen LogP contribution in [-0.2, 0) is 10.4 Å². The molecule has 4 nitrogen and oxygen atoms in total. The summed E-state index contributed by atoms with van der Waals surface area (Å²) >= 11 is 0. The van der Waals surface area contributed by atoms with Crippen LogP contribution in [0.15, 0.2) is 54.6 Å². The molecule has 0 saturated heterocycles. The van der Waals surface area contributed by atoms with E-state index in [9.17, 15) is 9.90 Å². The number of fused-ring (bicyclic) bond motifs is 2. The smallest absolute Gasteiger partial charge is 0.318 e. The van der Waals surface area contributed by atoms with Crippen LogP contribution in [0.4, 0.5) is 0 Å². The van der Waals surface area contributed by atoms with Gasteiger partial charge in [-0.05, 0) is 75.4 Å². The first-order chi connectivity index (χ1) is 14.4. The first-order valence-electron chi connectivity index (χ1n) is 11.1. The van der Waals surface area contributed by atoms with Gasteiger partial charge in [-0.15, -0.1) is 12.4 Å². The van der Waals surface area contributed by atoms with Gasteiger partial charge in [-0.1, -0.05) is 48.9 Å². The molecular weight excluding hydrogens is 410 g/mol. The maximum absolute atomic E-state index is 12.7. The van der Waals surface area contributed by atoms with Crippen LogP contribution in [-0.4, -0.2) is 36.6 Å². The predicted molar refractivity (Wildman–Crippen MR) is 126 cm³/mol. The monoisotopic (exact) mass is 443 g/mol. The number of nitrogens with zero attached hydrogens (tertiary/aromatic N) is 1. The standard InChI is InChI=1S/C26H33NO3.ClH/c1-18(20-8-5-4-6-9-20)25(28)30-23-11-7-10-22(15-23)26(29)16-19-12-13-21(14-19)24(26)17-27(2)3;/h4-11,15,18-19,21,24,29H,12-14,16-17H2,1-3H3;1H/t18-,19-,21+,24+,26+;/m0./s1. The van der Waals surface area contributed by atoms with E-state index in [1.165, 1.54) is 19.3 Å². The molecule has 1 N–H and O–H groups in total. The Morgan fingerprint density at radius 3 is 2.61 bits per heavy atom. The van der Waals surface area contributed by atoms with Gasteiger partial charge >= 0.3 is 5.97 Å². The number of ether oxygens (including phenoxy) is 1. The van der Waals surface area contributed by atoms with Crippen LogP contribution in [0, 0.1) is 17.8 Å². The third kappa shape index (κ3) is 4.97. The van der Waals surface area contributed by atoms with E-state index in [1.54, 1.807) is 6.07 Å². The van der Waals surface area contributed by atoms with E-state index in [-0.39, 0.29) is 30.2 Å². The van der Waals surface area contributed by atoms with Crippen LogP contribution in [0.25, 0.3) is 0 Å². The molecule has 0 unspecified atom stereocenters. The molecule has 168 valence electrons. The average Bonchev–Trinajstić information content (AvgIpc) is 3.14. The highest BCUT2D eigenvalue weighted by molar-refractivity contribution is 5.85. The van der Waals surface area contributed by atoms with Crippen LogP contribution < -0.4 is 4.74 Å². The average molecular weight is 444 g/mol. The van der Waals surface area contributed by atoms with Gasteiger partial charge in [0, 0.05) is 12.5 Å². The van der Waals surface area contributed by atoms with Crippen molar-refractivity contribution in [2.45, 2.75) is 44.1 Å². The highest BCUT2D eigenvalue weighted by atomic mass is 35.5. The number of benzene rings is 2. The molecule has 0 amide bonds. The molecule has 31 heavy (non-hydrogen) atoms. The highest BCUT2D eigenvalue weighted by Gasteiger charge is 2.51. The molecular formula is C26H34ClNO3. The number of rotatable bonds is 6. The van der Waals surface area contributed by atoms with Crippen LogP contribution >= 0.6 is 12.4 Å². The van der Waals surface area contributed by atoms with Crippen LogP contribution in [0.2, 0.25) is 0 Å². The van der Waals surface area contributed by atoms with Gasteiger partial charge in [-0.3, -0.25) is 4.79 Å². The summed E-state index contributed by atoms with van der Waals surface area (Å²) in [5.74, 6) is 1.22. The Bertz CT molecular complexity index is 887. The van der Waals surface area contributed by atoms with Gasteiger partial charge in [-0.25, -0.2) is 0 Å². The molecule has 5 atom stereocenters. The number of carbonyl (C=O) groups excluding carboxylic acids is 1. The van der Waals surface area contributed by atoms with Crippen molar-refractivity contribution in [2.75, 3.05) is 20.6 Å². The zero-order valence-corrected chi connectivity index (χ0v) is 19.5. The molecule has 2 saturated carbocycles. The second kappa shape index (κ2) is 9.72. The van der Waals surface area contributed by atoms with Gasteiger partial charge in [-0.2, -0.15) is 0 Å². The molecule has 2 aromatic rings. The molecule has 2 bridgehead atoms. The van der Waals surface area contributed by atoms with E-state index in [4.69, 9.17) is 4.74 Å². The van der Waals surface area contributed by atoms with Crippen LogP contribution in [0.1, 0.15) is 49.7 Å². The molecule has 0 radical (unpaired) electrons. The normalized spacial score (nSPS) is 28.1. The molecule has 0 aliphatic heterocycles. The Morgan fingerprint density at radius 2 is 1.90 bits per heavy atom. The molecule has 2 aromatic carbocycles. The fraction of sp³-hybridized carbons (Fsp3) is 0.500. The number of hydrogen-bond donors (Lipinski definition) is 1. The number of halogens is 1. The van der Waals surface area contributed by atoms with Gasteiger partial charge in [0.1, 0.15) is 5.75 Å². The van der Waals surface area contributed by atoms with E-state index in [1.807, 2.05) is 55.5 Å². The van der Waals surface area contributed by atoms with Crippen molar-refractivity contribution in [3.8, 4) is 5.75 Å². The van der Waals surface area contributed by atoms with Crippen molar-refractivity contribution < 1.29 is 14.6 Å². The summed E-state index contributed by atoms with van der Waals surface area (Å²) in [5.41, 5.74) is 0.942. The molecule has 0 spiro atoms. The summed E-state index contributed by atoms with van der Waals surface area (Å²) in [4.78, 5) is 14.9. The number of esters is 1. The SMILES string of the molecule is C[C@H](C(=O)Oc1cccc([C@]2(O)C[C@H]3CC[C@H](C3)[C@H]2CN(C)C)c1)c1ccccc1.Cl. The lowest BCUT2D eigenvalue weighted by molar-refractivity contribution is -0.135. The predicted octanol–water partition coefficient (Wildman–Crippen LogP) is 5.00. The minimum Gasteiger partial charge on any atom is -0.426 e. The topological polar surface area (TPSA) is 49.8 Å². The number of carbonyl (C=O) groups is 1. The summed E-state index contributed by atoms with van der Waals surface area (Å²) in [6.45, 7) is 2.73. The zero-order valence-electron chi connectivity index (χ0n) is 18.7. The van der Waals surface area contributed by atoms with Crippen LogP contribution in [0.3, 0.4) is 0 Å². The second-order valence-electron chi connectivity index (χ2n) is 9.52. The Morgan fingerprint density at radius 1 is 1.16 bits per heavy atom. The lowest BCUT2D eigenvalue weighted by Gasteiger charge is -2.45. The van der Waals surface area contributed by atoms with Crippen molar-refractivity contribution in [1.29, 1.82) is 0 Å². The lowest BCUT2D eigenvalue weighted by atomic mass is 9.66. The Balaban J connectivity index is 0.00000272. The number of aliphatic hydroxyl groups is 1. The summed E-state index contributed by atoms with van der Waals surface area (Å²) in [6, 6.07) is 17.2. The minimum atomic E-state index is -0.873. The van der Waals surface area contributed by atoms with E-state index in [0.29, 0.717) is 17.6 Å². The van der Waals surface area contributed by atoms with Gasteiger partial charge in [0.25, 0.3) is 0 Å². The van der Waals surface area contributed by atoms with Crippen molar-refractivity contribution in [1.82, 2.24) is 4.90 Å². The molecule has 2 aliphatic rings. The quantitative estimate of drug-likeness (QED) is 0.504. The Kier molecular flexibility index (Phi) is 7.46. The van der Waals surface area contributed by atoms with E-state index in [2.05, 4.69) is 19.0 Å². The summed E-state index contributed by atoms with van der Waals surface area (Å²) < 4.78 is 5.73. The fourth-order valence-electron chi connectivity index (χ4n) is 5.58. The van der Waals surface area contributed by atoms with E-state index in [0.717, 1.165) is 24.1 Å². The van der Waals surface area contributed by atoms with Crippen molar-refractivity contribution in [2.24, 2.45) is 17.8 Å². The number of hydrogen-bond acceptors (Lipinski definition) is 4. The minimum absolute atomic E-state index is 0. The maximum Gasteiger partial charge on any atom is 0.318 e. The first-order valence-corrected chi connectivity index (χ1v) is 11.1. The van der Waals surface area contributed by atoms with Crippen molar-refractivity contribution in [3.63, 3.8) is 0 Å². The van der Waals surface area contributed by atoms with Gasteiger partial charge in [0.2, 0.25) is 0 Å². The van der Waals surface area contributed by atoms with Crippen molar-refractivity contribution in [3.05, 3.63) is 65.7 Å². The lowest BCUT2D eigenvalue weighted by Crippen LogP contribution is -2.47. The second-order valence-corrected chi connectivity index (χ2v) is 9.52. The molecule has 0 aromatic heterocycles. The van der Waals surface area contributed by atoms with Gasteiger partial charge < -0.3 is 14.7 Å². The summed E-state index contributed by atoms with van der Waals surface area (Å²) in [5, 5.41) is 11.9. The largest absolute Gasteiger partial charge is 0.426 e. The van der Waals surface area contributed by atoms with Gasteiger partial charge in [0.05, 0.1) is 11.5 Å². The maximum atomic E-state index is 12.7. The molecule has 0 heterocycles. The first kappa shape index (κ1) is 23.8.